The van der Waals surface area contributed by atoms with Crippen molar-refractivity contribution in [2.24, 2.45) is 4.99 Å². The molecule has 11 heteroatoms. The molecular weight excluding hydrogens is 388 g/mol. The third-order valence-corrected chi connectivity index (χ3v) is 5.21. The van der Waals surface area contributed by atoms with Crippen LogP contribution in [0.15, 0.2) is 22.1 Å². The van der Waals surface area contributed by atoms with Gasteiger partial charge in [-0.05, 0) is 18.9 Å². The summed E-state index contributed by atoms with van der Waals surface area (Å²) in [6.45, 7) is 5.09. The van der Waals surface area contributed by atoms with Gasteiger partial charge in [0.1, 0.15) is 11.5 Å². The van der Waals surface area contributed by atoms with Gasteiger partial charge in [-0.25, -0.2) is 9.78 Å². The Morgan fingerprint density at radius 1 is 1.33 bits per heavy atom. The van der Waals surface area contributed by atoms with Gasteiger partial charge in [0.05, 0.1) is 25.5 Å². The molecule has 1 aliphatic carbocycles. The summed E-state index contributed by atoms with van der Waals surface area (Å²) in [6, 6.07) is 2.25. The molecule has 0 aromatic carbocycles. The molecule has 5 rings (SSSR count). The van der Waals surface area contributed by atoms with Gasteiger partial charge in [-0.1, -0.05) is 0 Å². The number of fused-ring (bicyclic) bond motifs is 1. The van der Waals surface area contributed by atoms with E-state index in [-0.39, 0.29) is 11.6 Å². The maximum Gasteiger partial charge on any atom is 0.326 e. The molecule has 0 atom stereocenters. The first kappa shape index (κ1) is 18.8. The summed E-state index contributed by atoms with van der Waals surface area (Å²) in [5, 5.41) is 18.4. The van der Waals surface area contributed by atoms with Crippen LogP contribution in [0.25, 0.3) is 11.7 Å². The minimum atomic E-state index is -0.474. The van der Waals surface area contributed by atoms with Gasteiger partial charge in [-0.2, -0.15) is 9.61 Å². The van der Waals surface area contributed by atoms with Gasteiger partial charge in [0, 0.05) is 37.5 Å². The maximum absolute atomic E-state index is 11.4. The van der Waals surface area contributed by atoms with Crippen molar-refractivity contribution in [1.29, 1.82) is 0 Å². The topological polar surface area (TPSA) is 136 Å². The second kappa shape index (κ2) is 7.92. The number of aromatic hydroxyl groups is 1. The van der Waals surface area contributed by atoms with E-state index < -0.39 is 5.69 Å². The van der Waals surface area contributed by atoms with E-state index in [0.717, 1.165) is 63.5 Å². The van der Waals surface area contributed by atoms with Gasteiger partial charge in [-0.15, -0.1) is 0 Å². The van der Waals surface area contributed by atoms with E-state index in [2.05, 4.69) is 25.3 Å². The number of aromatic nitrogens is 5. The summed E-state index contributed by atoms with van der Waals surface area (Å²) >= 11 is 0. The minimum absolute atomic E-state index is 0.220. The third-order valence-electron chi connectivity index (χ3n) is 5.21. The highest BCUT2D eigenvalue weighted by molar-refractivity contribution is 5.57. The first-order chi connectivity index (χ1) is 14.7. The lowest BCUT2D eigenvalue weighted by molar-refractivity contribution is 0.0398. The van der Waals surface area contributed by atoms with Gasteiger partial charge in [0.2, 0.25) is 5.88 Å². The van der Waals surface area contributed by atoms with Crippen LogP contribution in [0.2, 0.25) is 0 Å². The Morgan fingerprint density at radius 3 is 2.90 bits per heavy atom. The number of imidazole rings is 1. The second-order valence-corrected chi connectivity index (χ2v) is 7.56. The van der Waals surface area contributed by atoms with Crippen LogP contribution in [0.4, 0.5) is 5.82 Å². The van der Waals surface area contributed by atoms with Crippen LogP contribution in [0.1, 0.15) is 18.5 Å². The fourth-order valence-electron chi connectivity index (χ4n) is 3.45. The van der Waals surface area contributed by atoms with E-state index in [1.54, 1.807) is 16.8 Å². The normalized spacial score (nSPS) is 19.1. The van der Waals surface area contributed by atoms with Crippen molar-refractivity contribution in [3.05, 3.63) is 39.1 Å². The number of anilines is 1. The fourth-order valence-corrected chi connectivity index (χ4v) is 3.45. The molecule has 0 bridgehead atoms. The predicted octanol–water partition coefficient (Wildman–Crippen LogP) is -1.19. The first-order valence-corrected chi connectivity index (χ1v) is 10.2. The number of morpholine rings is 1. The van der Waals surface area contributed by atoms with Gasteiger partial charge in [0.15, 0.2) is 11.1 Å². The molecule has 0 spiro atoms. The lowest BCUT2D eigenvalue weighted by Gasteiger charge is -2.26. The van der Waals surface area contributed by atoms with Crippen LogP contribution in [-0.4, -0.2) is 80.0 Å². The molecule has 0 amide bonds. The van der Waals surface area contributed by atoms with E-state index in [0.29, 0.717) is 16.9 Å². The van der Waals surface area contributed by atoms with E-state index in [9.17, 15) is 9.90 Å². The van der Waals surface area contributed by atoms with Gasteiger partial charge >= 0.3 is 5.69 Å². The van der Waals surface area contributed by atoms with Crippen molar-refractivity contribution in [3.63, 3.8) is 0 Å². The molecule has 30 heavy (non-hydrogen) atoms. The number of H-pyrrole nitrogens is 2. The smallest absolute Gasteiger partial charge is 0.326 e. The van der Waals surface area contributed by atoms with Crippen molar-refractivity contribution in [2.45, 2.75) is 18.9 Å². The zero-order valence-electron chi connectivity index (χ0n) is 16.5. The largest absolute Gasteiger partial charge is 0.493 e. The number of aromatic amines is 2. The van der Waals surface area contributed by atoms with Crippen molar-refractivity contribution < 1.29 is 9.84 Å². The molecule has 4 heterocycles. The second-order valence-electron chi connectivity index (χ2n) is 7.56. The van der Waals surface area contributed by atoms with Gasteiger partial charge in [0.25, 0.3) is 0 Å². The maximum atomic E-state index is 11.4. The third kappa shape index (κ3) is 4.07. The summed E-state index contributed by atoms with van der Waals surface area (Å²) in [5.74, 6) is 0.499. The molecule has 158 valence electrons. The average Bonchev–Trinajstić information content (AvgIpc) is 3.37. The highest BCUT2D eigenvalue weighted by Gasteiger charge is 2.20. The Labute approximate surface area is 171 Å². The van der Waals surface area contributed by atoms with E-state index in [4.69, 9.17) is 14.7 Å². The molecule has 4 N–H and O–H groups in total. The van der Waals surface area contributed by atoms with Crippen molar-refractivity contribution in [1.82, 2.24) is 29.5 Å². The zero-order valence-corrected chi connectivity index (χ0v) is 16.5. The number of rotatable bonds is 6. The number of hydrogen-bond donors (Lipinski definition) is 4. The minimum Gasteiger partial charge on any atom is -0.493 e. The zero-order chi connectivity index (χ0) is 20.5. The number of nitrogens with one attached hydrogen (secondary N) is 3. The quantitative estimate of drug-likeness (QED) is 0.400. The van der Waals surface area contributed by atoms with Crippen LogP contribution < -0.4 is 21.7 Å². The average molecular weight is 412 g/mol. The molecule has 2 fully saturated rings. The Bertz CT molecular complexity index is 1220. The van der Waals surface area contributed by atoms with Crippen LogP contribution in [0.3, 0.4) is 0 Å². The SMILES string of the molecule is O=c1[nH]c(O)c(/C=c2/cnn3c(=NC4CC4)cc(NCCN4CCOCC4)nc23)[nH]1. The number of ether oxygens (including phenoxy) is 1. The molecule has 0 unspecified atom stereocenters. The first-order valence-electron chi connectivity index (χ1n) is 10.2. The molecule has 0 radical (unpaired) electrons. The summed E-state index contributed by atoms with van der Waals surface area (Å²) in [5.41, 5.74) is 1.15. The van der Waals surface area contributed by atoms with Gasteiger partial charge < -0.3 is 20.1 Å². The summed E-state index contributed by atoms with van der Waals surface area (Å²) in [4.78, 5) is 28.1. The predicted molar refractivity (Wildman–Crippen MR) is 109 cm³/mol. The summed E-state index contributed by atoms with van der Waals surface area (Å²) in [7, 11) is 0. The molecule has 11 nitrogen and oxygen atoms in total. The monoisotopic (exact) mass is 412 g/mol. The highest BCUT2D eigenvalue weighted by Crippen LogP contribution is 2.22. The highest BCUT2D eigenvalue weighted by atomic mass is 16.5. The van der Waals surface area contributed by atoms with Crippen LogP contribution >= 0.6 is 0 Å². The molecule has 3 aromatic rings. The molecule has 2 aliphatic rings. The van der Waals surface area contributed by atoms with Crippen molar-refractivity contribution >= 4 is 17.5 Å². The molecule has 1 saturated heterocycles. The molecule has 1 saturated carbocycles. The Balaban J connectivity index is 1.48. The number of nitrogens with zero attached hydrogens (tertiary/aromatic N) is 5. The number of hydrogen-bond acceptors (Lipinski definition) is 8. The molecule has 3 aromatic heterocycles. The van der Waals surface area contributed by atoms with Crippen LogP contribution in [-0.2, 0) is 4.74 Å². The molecule has 1 aliphatic heterocycles. The van der Waals surface area contributed by atoms with Crippen LogP contribution in [0, 0.1) is 0 Å². The van der Waals surface area contributed by atoms with Crippen molar-refractivity contribution in [2.75, 3.05) is 44.7 Å². The lowest BCUT2D eigenvalue weighted by atomic mass is 10.3. The summed E-state index contributed by atoms with van der Waals surface area (Å²) < 4.78 is 7.09. The van der Waals surface area contributed by atoms with Crippen molar-refractivity contribution in [3.8, 4) is 5.88 Å². The molecular formula is C19H24N8O3. The fraction of sp³-hybridized carbons (Fsp3) is 0.474. The summed E-state index contributed by atoms with van der Waals surface area (Å²) in [6.07, 6.45) is 5.46. The Hall–Kier alpha value is -3.18. The van der Waals surface area contributed by atoms with E-state index in [1.807, 2.05) is 6.07 Å². The standard InChI is InChI=1S/C19H24N8O3/c28-18-14(23-19(29)25-18)9-12-11-21-27-16(22-13-1-2-13)10-15(24-17(12)27)20-3-4-26-5-7-30-8-6-26/h9-11,13,20,28H,1-8H2,(H2,23,25,29)/b12-9-,22-16?. The van der Waals surface area contributed by atoms with E-state index in [1.165, 1.54) is 0 Å². The van der Waals surface area contributed by atoms with Gasteiger partial charge in [-0.3, -0.25) is 14.9 Å². The van der Waals surface area contributed by atoms with Crippen LogP contribution in [0.5, 0.6) is 5.88 Å². The Kier molecular flexibility index (Phi) is 4.97. The van der Waals surface area contributed by atoms with E-state index >= 15 is 0 Å². The Morgan fingerprint density at radius 2 is 2.17 bits per heavy atom. The lowest BCUT2D eigenvalue weighted by Crippen LogP contribution is -2.39.